The predicted octanol–water partition coefficient (Wildman–Crippen LogP) is 4.58. The number of rotatable bonds is 5. The molecule has 0 aliphatic carbocycles. The molecule has 1 heterocycles. The fourth-order valence-electron chi connectivity index (χ4n) is 2.46. The number of carbonyl (C=O) groups excluding carboxylic acids is 3. The topological polar surface area (TPSA) is 110 Å². The van der Waals surface area contributed by atoms with Crippen molar-refractivity contribution in [2.24, 2.45) is 0 Å². The molecule has 148 valence electrons. The molecule has 0 radical (unpaired) electrons. The Morgan fingerprint density at radius 2 is 1.97 bits per heavy atom. The number of hydrogen-bond donors (Lipinski definition) is 1. The van der Waals surface area contributed by atoms with Crippen LogP contribution in [0.5, 0.6) is 0 Å². The highest BCUT2D eigenvalue weighted by Crippen LogP contribution is 2.33. The number of nitro groups is 1. The van der Waals surface area contributed by atoms with E-state index in [0.29, 0.717) is 28.0 Å². The number of nitro benzene ring substituents is 1. The Morgan fingerprint density at radius 1 is 1.21 bits per heavy atom. The summed E-state index contributed by atoms with van der Waals surface area (Å²) in [7, 11) is 0. The van der Waals surface area contributed by atoms with Gasteiger partial charge in [0, 0.05) is 16.8 Å². The van der Waals surface area contributed by atoms with Gasteiger partial charge in [-0.15, -0.1) is 0 Å². The van der Waals surface area contributed by atoms with Crippen LogP contribution in [-0.2, 0) is 9.59 Å². The molecular formula is C18H11Cl2N3O5S. The molecule has 3 amide bonds. The number of imide groups is 1. The minimum absolute atomic E-state index is 0.0436. The molecule has 0 unspecified atom stereocenters. The van der Waals surface area contributed by atoms with Crippen LogP contribution in [0, 0.1) is 10.1 Å². The molecule has 1 fully saturated rings. The van der Waals surface area contributed by atoms with Crippen LogP contribution in [0.15, 0.2) is 47.4 Å². The molecule has 2 aromatic rings. The van der Waals surface area contributed by atoms with Crippen LogP contribution in [0.1, 0.15) is 5.56 Å². The molecule has 2 aromatic carbocycles. The first kappa shape index (κ1) is 20.8. The molecule has 0 saturated carbocycles. The zero-order valence-electron chi connectivity index (χ0n) is 14.4. The van der Waals surface area contributed by atoms with Crippen molar-refractivity contribution in [1.29, 1.82) is 0 Å². The molecule has 0 aromatic heterocycles. The summed E-state index contributed by atoms with van der Waals surface area (Å²) in [6, 6.07) is 10.4. The lowest BCUT2D eigenvalue weighted by Crippen LogP contribution is -2.36. The first-order valence-corrected chi connectivity index (χ1v) is 9.56. The van der Waals surface area contributed by atoms with Gasteiger partial charge in [0.2, 0.25) is 5.91 Å². The third-order valence-corrected chi connectivity index (χ3v) is 5.21. The Kier molecular flexibility index (Phi) is 6.21. The average Bonchev–Trinajstić information content (AvgIpc) is 2.90. The van der Waals surface area contributed by atoms with E-state index >= 15 is 0 Å². The number of halogens is 2. The lowest BCUT2D eigenvalue weighted by molar-refractivity contribution is -0.384. The second-order valence-corrected chi connectivity index (χ2v) is 7.63. The summed E-state index contributed by atoms with van der Waals surface area (Å²) in [6.07, 6.45) is 1.34. The van der Waals surface area contributed by atoms with Crippen molar-refractivity contribution in [3.8, 4) is 0 Å². The Hall–Kier alpha value is -2.88. The molecule has 0 spiro atoms. The smallest absolute Gasteiger partial charge is 0.294 e. The van der Waals surface area contributed by atoms with Gasteiger partial charge in [-0.3, -0.25) is 29.4 Å². The monoisotopic (exact) mass is 451 g/mol. The standard InChI is InChI=1S/C18H11Cl2N3O5S/c19-11-2-1-3-12(8-11)21-16(24)9-22-17(25)15(29-18(22)26)7-10-4-5-13(20)14(6-10)23(27)28/h1-8H,9H2,(H,21,24)/b15-7-. The first-order chi connectivity index (χ1) is 13.7. The van der Waals surface area contributed by atoms with Crippen LogP contribution in [-0.4, -0.2) is 33.4 Å². The van der Waals surface area contributed by atoms with E-state index in [4.69, 9.17) is 23.2 Å². The lowest BCUT2D eigenvalue weighted by Gasteiger charge is -2.12. The Morgan fingerprint density at radius 3 is 2.66 bits per heavy atom. The SMILES string of the molecule is O=C(CN1C(=O)S/C(=C\c2ccc(Cl)c([N+](=O)[O-])c2)C1=O)Nc1cccc(Cl)c1. The van der Waals surface area contributed by atoms with Crippen LogP contribution in [0.4, 0.5) is 16.2 Å². The maximum absolute atomic E-state index is 12.5. The minimum atomic E-state index is -0.668. The number of anilines is 1. The van der Waals surface area contributed by atoms with E-state index in [1.54, 1.807) is 18.2 Å². The quantitative estimate of drug-likeness (QED) is 0.404. The van der Waals surface area contributed by atoms with Crippen LogP contribution in [0.2, 0.25) is 10.0 Å². The first-order valence-electron chi connectivity index (χ1n) is 7.99. The summed E-state index contributed by atoms with van der Waals surface area (Å²) in [5, 5.41) is 13.3. The van der Waals surface area contributed by atoms with Gasteiger partial charge < -0.3 is 5.32 Å². The van der Waals surface area contributed by atoms with Gasteiger partial charge in [0.25, 0.3) is 16.8 Å². The van der Waals surface area contributed by atoms with Crippen molar-refractivity contribution >= 4 is 69.5 Å². The largest absolute Gasteiger partial charge is 0.324 e. The normalized spacial score (nSPS) is 15.1. The number of nitrogens with zero attached hydrogens (tertiary/aromatic N) is 2. The summed E-state index contributed by atoms with van der Waals surface area (Å²) in [4.78, 5) is 48.0. The van der Waals surface area contributed by atoms with E-state index in [0.717, 1.165) is 4.90 Å². The molecule has 29 heavy (non-hydrogen) atoms. The number of amides is 3. The van der Waals surface area contributed by atoms with Crippen molar-refractivity contribution < 1.29 is 19.3 Å². The van der Waals surface area contributed by atoms with E-state index in [1.807, 2.05) is 0 Å². The highest BCUT2D eigenvalue weighted by atomic mass is 35.5. The summed E-state index contributed by atoms with van der Waals surface area (Å²) in [5.41, 5.74) is 0.439. The van der Waals surface area contributed by atoms with Crippen LogP contribution >= 0.6 is 35.0 Å². The second-order valence-electron chi connectivity index (χ2n) is 5.79. The van der Waals surface area contributed by atoms with Crippen molar-refractivity contribution in [2.45, 2.75) is 0 Å². The summed E-state index contributed by atoms with van der Waals surface area (Å²) >= 11 is 12.3. The Balaban J connectivity index is 1.74. The molecule has 0 bridgehead atoms. The fraction of sp³-hybridized carbons (Fsp3) is 0.0556. The van der Waals surface area contributed by atoms with E-state index in [2.05, 4.69) is 5.32 Å². The predicted molar refractivity (Wildman–Crippen MR) is 111 cm³/mol. The number of carbonyl (C=O) groups is 3. The Bertz CT molecular complexity index is 1070. The second kappa shape index (κ2) is 8.64. The molecule has 11 heteroatoms. The summed E-state index contributed by atoms with van der Waals surface area (Å²) in [5.74, 6) is -1.24. The van der Waals surface area contributed by atoms with Gasteiger partial charge in [-0.2, -0.15) is 0 Å². The van der Waals surface area contributed by atoms with Gasteiger partial charge in [0.15, 0.2) is 0 Å². The van der Waals surface area contributed by atoms with Crippen molar-refractivity contribution in [2.75, 3.05) is 11.9 Å². The maximum atomic E-state index is 12.5. The van der Waals surface area contributed by atoms with Crippen LogP contribution in [0.3, 0.4) is 0 Å². The van der Waals surface area contributed by atoms with Crippen LogP contribution < -0.4 is 5.32 Å². The van der Waals surface area contributed by atoms with Crippen molar-refractivity contribution in [1.82, 2.24) is 4.90 Å². The Labute approximate surface area is 178 Å². The zero-order chi connectivity index (χ0) is 21.1. The van der Waals surface area contributed by atoms with Crippen LogP contribution in [0.25, 0.3) is 6.08 Å². The fourth-order valence-corrected chi connectivity index (χ4v) is 3.67. The van der Waals surface area contributed by atoms with Gasteiger partial charge in [0.05, 0.1) is 9.83 Å². The molecular weight excluding hydrogens is 441 g/mol. The number of benzene rings is 2. The van der Waals surface area contributed by atoms with Gasteiger partial charge in [-0.25, -0.2) is 0 Å². The van der Waals surface area contributed by atoms with Gasteiger partial charge in [-0.05, 0) is 47.7 Å². The third kappa shape index (κ3) is 4.94. The molecule has 8 nitrogen and oxygen atoms in total. The van der Waals surface area contributed by atoms with E-state index in [9.17, 15) is 24.5 Å². The number of thioether (sulfide) groups is 1. The minimum Gasteiger partial charge on any atom is -0.324 e. The number of hydrogen-bond acceptors (Lipinski definition) is 6. The third-order valence-electron chi connectivity index (χ3n) is 3.75. The summed E-state index contributed by atoms with van der Waals surface area (Å²) in [6.45, 7) is -0.477. The van der Waals surface area contributed by atoms with Crippen molar-refractivity contribution in [3.63, 3.8) is 0 Å². The maximum Gasteiger partial charge on any atom is 0.294 e. The van der Waals surface area contributed by atoms with Gasteiger partial charge in [0.1, 0.15) is 11.6 Å². The van der Waals surface area contributed by atoms with Crippen molar-refractivity contribution in [3.05, 3.63) is 73.1 Å². The van der Waals surface area contributed by atoms with E-state index in [-0.39, 0.29) is 15.6 Å². The molecule has 1 N–H and O–H groups in total. The highest BCUT2D eigenvalue weighted by molar-refractivity contribution is 8.18. The van der Waals surface area contributed by atoms with Gasteiger partial charge in [-0.1, -0.05) is 35.3 Å². The van der Waals surface area contributed by atoms with Gasteiger partial charge >= 0.3 is 0 Å². The van der Waals surface area contributed by atoms with E-state index in [1.165, 1.54) is 30.3 Å². The zero-order valence-corrected chi connectivity index (χ0v) is 16.8. The molecule has 3 rings (SSSR count). The lowest BCUT2D eigenvalue weighted by atomic mass is 10.2. The molecule has 1 aliphatic rings. The molecule has 0 atom stereocenters. The molecule has 1 saturated heterocycles. The highest BCUT2D eigenvalue weighted by Gasteiger charge is 2.36. The van der Waals surface area contributed by atoms with E-state index < -0.39 is 28.5 Å². The summed E-state index contributed by atoms with van der Waals surface area (Å²) < 4.78 is 0. The molecule has 1 aliphatic heterocycles. The number of nitrogens with one attached hydrogen (secondary N) is 1. The average molecular weight is 452 g/mol.